The highest BCUT2D eigenvalue weighted by Gasteiger charge is 2.22. The molecule has 1 fully saturated rings. The van der Waals surface area contributed by atoms with Crippen LogP contribution in [0.1, 0.15) is 23.0 Å². The van der Waals surface area contributed by atoms with Crippen LogP contribution >= 0.6 is 11.8 Å². The molecule has 0 atom stereocenters. The van der Waals surface area contributed by atoms with E-state index in [4.69, 9.17) is 14.2 Å². The lowest BCUT2D eigenvalue weighted by Crippen LogP contribution is -2.20. The second kappa shape index (κ2) is 6.87. The summed E-state index contributed by atoms with van der Waals surface area (Å²) in [6.07, 6.45) is -0.337. The highest BCUT2D eigenvalue weighted by molar-refractivity contribution is 7.99. The summed E-state index contributed by atoms with van der Waals surface area (Å²) < 4.78 is 15.6. The van der Waals surface area contributed by atoms with Crippen molar-refractivity contribution in [1.29, 1.82) is 0 Å². The van der Waals surface area contributed by atoms with Gasteiger partial charge in [0.1, 0.15) is 10.6 Å². The molecule has 0 spiro atoms. The van der Waals surface area contributed by atoms with Gasteiger partial charge in [0.25, 0.3) is 0 Å². The number of nitrogens with zero attached hydrogens (tertiary/aromatic N) is 1. The minimum atomic E-state index is -0.496. The number of H-pyrrole nitrogens is 1. The molecule has 0 saturated carbocycles. The largest absolute Gasteiger partial charge is 0.462 e. The van der Waals surface area contributed by atoms with Crippen molar-refractivity contribution in [3.8, 4) is 0 Å². The Kier molecular flexibility index (Phi) is 5.16. The summed E-state index contributed by atoms with van der Waals surface area (Å²) in [4.78, 5) is 29.7. The van der Waals surface area contributed by atoms with E-state index < -0.39 is 11.7 Å². The molecule has 0 aromatic carbocycles. The molecule has 1 saturated heterocycles. The molecule has 0 radical (unpaired) electrons. The van der Waals surface area contributed by atoms with Crippen molar-refractivity contribution in [1.82, 2.24) is 9.97 Å². The number of rotatable bonds is 5. The van der Waals surface area contributed by atoms with Crippen LogP contribution in [0.3, 0.4) is 0 Å². The number of hydrogen-bond donors (Lipinski definition) is 1. The van der Waals surface area contributed by atoms with E-state index in [-0.39, 0.29) is 18.5 Å². The minimum absolute atomic E-state index is 0.260. The van der Waals surface area contributed by atoms with Crippen LogP contribution in [0.15, 0.2) is 9.82 Å². The summed E-state index contributed by atoms with van der Waals surface area (Å²) in [6.45, 7) is 4.73. The molecule has 1 N–H and O–H groups in total. The van der Waals surface area contributed by atoms with Crippen LogP contribution in [-0.4, -0.2) is 47.8 Å². The van der Waals surface area contributed by atoms with E-state index in [1.807, 2.05) is 0 Å². The van der Waals surface area contributed by atoms with Gasteiger partial charge >= 0.3 is 11.7 Å². The Morgan fingerprint density at radius 2 is 2.20 bits per heavy atom. The molecule has 0 amide bonds. The van der Waals surface area contributed by atoms with Crippen molar-refractivity contribution in [2.45, 2.75) is 25.2 Å². The number of thioether (sulfide) groups is 1. The van der Waals surface area contributed by atoms with E-state index in [9.17, 15) is 9.59 Å². The van der Waals surface area contributed by atoms with Gasteiger partial charge < -0.3 is 19.2 Å². The third-order valence-electron chi connectivity index (χ3n) is 2.61. The van der Waals surface area contributed by atoms with Gasteiger partial charge in [-0.2, -0.15) is 4.98 Å². The van der Waals surface area contributed by atoms with Crippen molar-refractivity contribution in [2.75, 3.05) is 25.6 Å². The smallest absolute Gasteiger partial charge is 0.346 e. The normalized spacial score (nSPS) is 15.5. The first-order valence-corrected chi connectivity index (χ1v) is 7.24. The standard InChI is InChI=1S/C12H16N2O5S/c1-3-17-11(15)9-7(2)13-12(16)14-10(9)20-6-8-18-4-5-19-8/h8H,3-6H2,1-2H3,(H,13,14,16). The van der Waals surface area contributed by atoms with Crippen molar-refractivity contribution in [2.24, 2.45) is 0 Å². The zero-order valence-electron chi connectivity index (χ0n) is 11.3. The van der Waals surface area contributed by atoms with Gasteiger partial charge in [0.2, 0.25) is 0 Å². The summed E-state index contributed by atoms with van der Waals surface area (Å²) in [5, 5.41) is 0.337. The summed E-state index contributed by atoms with van der Waals surface area (Å²) in [6, 6.07) is 0. The van der Waals surface area contributed by atoms with E-state index in [0.717, 1.165) is 0 Å². The van der Waals surface area contributed by atoms with Crippen molar-refractivity contribution < 1.29 is 19.0 Å². The number of carbonyl (C=O) groups is 1. The fourth-order valence-electron chi connectivity index (χ4n) is 1.76. The topological polar surface area (TPSA) is 90.5 Å². The van der Waals surface area contributed by atoms with E-state index in [0.29, 0.717) is 29.7 Å². The van der Waals surface area contributed by atoms with Crippen LogP contribution in [0.5, 0.6) is 0 Å². The van der Waals surface area contributed by atoms with Crippen LogP contribution in [0, 0.1) is 6.92 Å². The fourth-order valence-corrected chi connectivity index (χ4v) is 2.77. The maximum Gasteiger partial charge on any atom is 0.346 e. The first-order valence-electron chi connectivity index (χ1n) is 6.26. The molecule has 0 aliphatic carbocycles. The van der Waals surface area contributed by atoms with Crippen LogP contribution < -0.4 is 5.69 Å². The molecule has 2 heterocycles. The number of aryl methyl sites for hydroxylation is 1. The second-order valence-electron chi connectivity index (χ2n) is 4.05. The van der Waals surface area contributed by atoms with Crippen molar-refractivity contribution >= 4 is 17.7 Å². The Bertz CT molecular complexity index is 539. The predicted molar refractivity (Wildman–Crippen MR) is 72.0 cm³/mol. The van der Waals surface area contributed by atoms with E-state index in [1.165, 1.54) is 11.8 Å². The molecule has 0 unspecified atom stereocenters. The molecule has 20 heavy (non-hydrogen) atoms. The molecule has 1 aromatic rings. The van der Waals surface area contributed by atoms with Crippen LogP contribution in [0.4, 0.5) is 0 Å². The fraction of sp³-hybridized carbons (Fsp3) is 0.583. The summed E-state index contributed by atoms with van der Waals surface area (Å²) in [5.41, 5.74) is 0.236. The third kappa shape index (κ3) is 3.59. The van der Waals surface area contributed by atoms with Gasteiger partial charge in [0.05, 0.1) is 25.6 Å². The van der Waals surface area contributed by atoms with E-state index in [1.54, 1.807) is 13.8 Å². The molecule has 110 valence electrons. The van der Waals surface area contributed by atoms with Crippen LogP contribution in [0.2, 0.25) is 0 Å². The number of hydrogen-bond acceptors (Lipinski definition) is 7. The second-order valence-corrected chi connectivity index (χ2v) is 5.06. The molecule has 8 heteroatoms. The zero-order chi connectivity index (χ0) is 14.5. The Morgan fingerprint density at radius 3 is 2.85 bits per heavy atom. The van der Waals surface area contributed by atoms with Gasteiger partial charge in [-0.3, -0.25) is 0 Å². The molecular formula is C12H16N2O5S. The molecule has 7 nitrogen and oxygen atoms in total. The third-order valence-corrected chi connectivity index (χ3v) is 3.62. The minimum Gasteiger partial charge on any atom is -0.462 e. The number of aromatic amines is 1. The van der Waals surface area contributed by atoms with Gasteiger partial charge in [-0.05, 0) is 13.8 Å². The molecule has 0 bridgehead atoms. The van der Waals surface area contributed by atoms with E-state index in [2.05, 4.69) is 9.97 Å². The number of nitrogens with one attached hydrogen (secondary N) is 1. The van der Waals surface area contributed by atoms with Gasteiger partial charge in [-0.15, -0.1) is 11.8 Å². The summed E-state index contributed by atoms with van der Waals surface area (Å²) >= 11 is 1.24. The van der Waals surface area contributed by atoms with Gasteiger partial charge in [0, 0.05) is 5.69 Å². The highest BCUT2D eigenvalue weighted by atomic mass is 32.2. The number of aromatic nitrogens is 2. The Morgan fingerprint density at radius 1 is 1.50 bits per heavy atom. The zero-order valence-corrected chi connectivity index (χ0v) is 12.1. The summed E-state index contributed by atoms with van der Waals surface area (Å²) in [7, 11) is 0. The molecule has 2 rings (SSSR count). The first-order chi connectivity index (χ1) is 9.61. The molecule has 1 aliphatic rings. The lowest BCUT2D eigenvalue weighted by Gasteiger charge is -2.11. The van der Waals surface area contributed by atoms with E-state index >= 15 is 0 Å². The van der Waals surface area contributed by atoms with Gasteiger partial charge in [-0.1, -0.05) is 0 Å². The van der Waals surface area contributed by atoms with Crippen LogP contribution in [-0.2, 0) is 14.2 Å². The number of carbonyl (C=O) groups excluding carboxylic acids is 1. The van der Waals surface area contributed by atoms with Crippen molar-refractivity contribution in [3.63, 3.8) is 0 Å². The Labute approximate surface area is 120 Å². The van der Waals surface area contributed by atoms with Gasteiger partial charge in [-0.25, -0.2) is 9.59 Å². The average molecular weight is 300 g/mol. The Hall–Kier alpha value is -1.38. The SMILES string of the molecule is CCOC(=O)c1c(SCC2OCCO2)nc(=O)[nH]c1C. The predicted octanol–water partition coefficient (Wildman–Crippen LogP) is 0.720. The number of ether oxygens (including phenoxy) is 3. The maximum absolute atomic E-state index is 11.9. The maximum atomic E-state index is 11.9. The summed E-state index contributed by atoms with van der Waals surface area (Å²) in [5.74, 6) is -0.0352. The first kappa shape index (κ1) is 15.0. The molecule has 1 aromatic heterocycles. The quantitative estimate of drug-likeness (QED) is 0.487. The van der Waals surface area contributed by atoms with Gasteiger partial charge in [0.15, 0.2) is 6.29 Å². The lowest BCUT2D eigenvalue weighted by atomic mass is 10.2. The lowest BCUT2D eigenvalue weighted by molar-refractivity contribution is -0.0215. The monoisotopic (exact) mass is 300 g/mol. The van der Waals surface area contributed by atoms with Crippen molar-refractivity contribution in [3.05, 3.63) is 21.7 Å². The van der Waals surface area contributed by atoms with Crippen LogP contribution in [0.25, 0.3) is 0 Å². The highest BCUT2D eigenvalue weighted by Crippen LogP contribution is 2.24. The Balaban J connectivity index is 2.20. The average Bonchev–Trinajstić information content (AvgIpc) is 2.88. The molecular weight excluding hydrogens is 284 g/mol. The molecule has 1 aliphatic heterocycles. The number of esters is 1.